The smallest absolute Gasteiger partial charge is 0.207 e. The molecule has 2 aromatic carbocycles. The maximum Gasteiger partial charge on any atom is 0.243 e. The van der Waals surface area contributed by atoms with Gasteiger partial charge in [0.05, 0.1) is 4.90 Å². The van der Waals surface area contributed by atoms with Gasteiger partial charge in [0.1, 0.15) is 0 Å². The van der Waals surface area contributed by atoms with E-state index in [1.54, 1.807) is 28.6 Å². The van der Waals surface area contributed by atoms with Crippen molar-refractivity contribution in [1.82, 2.24) is 4.31 Å². The molecule has 0 aliphatic heterocycles. The Kier molecular flexibility index (Phi) is 6.84. The molecule has 5 heteroatoms. The van der Waals surface area contributed by atoms with E-state index >= 15 is 0 Å². The van der Waals surface area contributed by atoms with E-state index in [1.807, 2.05) is 32.0 Å². The van der Waals surface area contributed by atoms with Gasteiger partial charge in [0, 0.05) is 17.6 Å². The van der Waals surface area contributed by atoms with Gasteiger partial charge in [-0.1, -0.05) is 48.9 Å². The Balaban J connectivity index is 2.13. The first-order valence-corrected chi connectivity index (χ1v) is 10.1. The molecule has 0 unspecified atom stereocenters. The number of hydrogen-bond donors (Lipinski definition) is 0. The van der Waals surface area contributed by atoms with Crippen LogP contribution in [-0.2, 0) is 16.4 Å². The fourth-order valence-corrected chi connectivity index (χ4v) is 4.48. The van der Waals surface area contributed by atoms with Crippen molar-refractivity contribution in [3.63, 3.8) is 0 Å². The summed E-state index contributed by atoms with van der Waals surface area (Å²) in [7, 11) is -3.51. The normalized spacial score (nSPS) is 13.2. The maximum absolute atomic E-state index is 13.0. The van der Waals surface area contributed by atoms with Crippen LogP contribution in [0.3, 0.4) is 0 Å². The minimum atomic E-state index is -3.51. The summed E-state index contributed by atoms with van der Waals surface area (Å²) in [4.78, 5) is 0.298. The van der Waals surface area contributed by atoms with E-state index in [1.165, 1.54) is 5.56 Å². The second kappa shape index (κ2) is 8.65. The molecule has 0 fully saturated rings. The number of nitrogens with zero attached hydrogens (tertiary/aromatic N) is 1. The molecule has 24 heavy (non-hydrogen) atoms. The molecule has 0 amide bonds. The van der Waals surface area contributed by atoms with Crippen LogP contribution in [0.5, 0.6) is 0 Å². The summed E-state index contributed by atoms with van der Waals surface area (Å²) in [6.07, 6.45) is 2.43. The van der Waals surface area contributed by atoms with E-state index < -0.39 is 10.0 Å². The summed E-state index contributed by atoms with van der Waals surface area (Å²) in [6.45, 7) is 4.47. The van der Waals surface area contributed by atoms with Crippen molar-refractivity contribution in [2.45, 2.75) is 44.0 Å². The summed E-state index contributed by atoms with van der Waals surface area (Å²) >= 11 is 5.87. The molecule has 0 saturated heterocycles. The van der Waals surface area contributed by atoms with Gasteiger partial charge in [0.25, 0.3) is 0 Å². The van der Waals surface area contributed by atoms with Gasteiger partial charge in [0.15, 0.2) is 0 Å². The van der Waals surface area contributed by atoms with Gasteiger partial charge >= 0.3 is 0 Å². The first-order chi connectivity index (χ1) is 11.4. The Morgan fingerprint density at radius 3 is 2.25 bits per heavy atom. The highest BCUT2D eigenvalue weighted by Gasteiger charge is 2.27. The third kappa shape index (κ3) is 4.82. The third-order valence-electron chi connectivity index (χ3n) is 4.19. The van der Waals surface area contributed by atoms with E-state index in [-0.39, 0.29) is 6.04 Å². The first-order valence-electron chi connectivity index (χ1n) is 8.26. The molecule has 130 valence electrons. The standard InChI is InChI=1S/C19H24ClNO2S/c1-3-16(2)21(15-7-10-17-8-5-4-6-9-17)24(22,23)19-13-11-18(20)12-14-19/h4-6,8-9,11-14,16H,3,7,10,15H2,1-2H3/t16-/m1/s1. The lowest BCUT2D eigenvalue weighted by Gasteiger charge is -2.27. The van der Waals surface area contributed by atoms with Crippen LogP contribution in [0.2, 0.25) is 5.02 Å². The highest BCUT2D eigenvalue weighted by molar-refractivity contribution is 7.89. The summed E-state index contributed by atoms with van der Waals surface area (Å²) in [5.41, 5.74) is 1.23. The first kappa shape index (κ1) is 19.0. The maximum atomic E-state index is 13.0. The van der Waals surface area contributed by atoms with Gasteiger partial charge in [-0.2, -0.15) is 4.31 Å². The zero-order chi connectivity index (χ0) is 17.6. The molecule has 0 bridgehead atoms. The van der Waals surface area contributed by atoms with E-state index in [4.69, 9.17) is 11.6 Å². The summed E-state index contributed by atoms with van der Waals surface area (Å²) in [5, 5.41) is 0.535. The summed E-state index contributed by atoms with van der Waals surface area (Å²) < 4.78 is 27.5. The fraction of sp³-hybridized carbons (Fsp3) is 0.368. The molecule has 0 heterocycles. The zero-order valence-corrected chi connectivity index (χ0v) is 15.7. The zero-order valence-electron chi connectivity index (χ0n) is 14.2. The van der Waals surface area contributed by atoms with Crippen molar-refractivity contribution in [2.75, 3.05) is 6.54 Å². The molecule has 0 saturated carbocycles. The molecular formula is C19H24ClNO2S. The number of halogens is 1. The molecule has 1 atom stereocenters. The Hall–Kier alpha value is -1.36. The molecule has 0 spiro atoms. The van der Waals surface area contributed by atoms with Crippen LogP contribution in [0.1, 0.15) is 32.3 Å². The average molecular weight is 366 g/mol. The van der Waals surface area contributed by atoms with E-state index in [0.717, 1.165) is 19.3 Å². The van der Waals surface area contributed by atoms with Crippen molar-refractivity contribution in [3.8, 4) is 0 Å². The van der Waals surface area contributed by atoms with Gasteiger partial charge in [-0.05, 0) is 56.0 Å². The van der Waals surface area contributed by atoms with Gasteiger partial charge in [-0.15, -0.1) is 0 Å². The minimum absolute atomic E-state index is 0.0403. The van der Waals surface area contributed by atoms with Crippen molar-refractivity contribution in [2.24, 2.45) is 0 Å². The monoisotopic (exact) mass is 365 g/mol. The topological polar surface area (TPSA) is 37.4 Å². The lowest BCUT2D eigenvalue weighted by atomic mass is 10.1. The number of aryl methyl sites for hydroxylation is 1. The molecule has 3 nitrogen and oxygen atoms in total. The molecule has 0 radical (unpaired) electrons. The predicted molar refractivity (Wildman–Crippen MR) is 99.9 cm³/mol. The molecule has 2 aromatic rings. The lowest BCUT2D eigenvalue weighted by Crippen LogP contribution is -2.39. The van der Waals surface area contributed by atoms with Gasteiger partial charge in [0.2, 0.25) is 10.0 Å². The predicted octanol–water partition coefficient (Wildman–Crippen LogP) is 4.76. The lowest BCUT2D eigenvalue weighted by molar-refractivity contribution is 0.325. The van der Waals surface area contributed by atoms with E-state index in [9.17, 15) is 8.42 Å². The number of sulfonamides is 1. The van der Waals surface area contributed by atoms with Gasteiger partial charge in [-0.3, -0.25) is 0 Å². The number of benzene rings is 2. The van der Waals surface area contributed by atoms with Crippen molar-refractivity contribution in [3.05, 3.63) is 65.2 Å². The Morgan fingerprint density at radius 2 is 1.67 bits per heavy atom. The van der Waals surface area contributed by atoms with E-state index in [0.29, 0.717) is 16.5 Å². The van der Waals surface area contributed by atoms with Crippen molar-refractivity contribution < 1.29 is 8.42 Å². The third-order valence-corrected chi connectivity index (χ3v) is 6.47. The van der Waals surface area contributed by atoms with Crippen LogP contribution in [0, 0.1) is 0 Å². The minimum Gasteiger partial charge on any atom is -0.207 e. The van der Waals surface area contributed by atoms with Crippen LogP contribution < -0.4 is 0 Å². The number of rotatable bonds is 8. The van der Waals surface area contributed by atoms with Crippen LogP contribution in [0.4, 0.5) is 0 Å². The quantitative estimate of drug-likeness (QED) is 0.676. The molecule has 0 aromatic heterocycles. The van der Waals surface area contributed by atoms with Crippen LogP contribution in [0.15, 0.2) is 59.5 Å². The Bertz CT molecular complexity index is 730. The second-order valence-electron chi connectivity index (χ2n) is 5.92. The molecule has 2 rings (SSSR count). The molecule has 0 aliphatic carbocycles. The van der Waals surface area contributed by atoms with Crippen LogP contribution in [-0.4, -0.2) is 25.3 Å². The summed E-state index contributed by atoms with van der Waals surface area (Å²) in [6, 6.07) is 16.5. The second-order valence-corrected chi connectivity index (χ2v) is 8.24. The highest BCUT2D eigenvalue weighted by Crippen LogP contribution is 2.22. The van der Waals surface area contributed by atoms with Crippen LogP contribution >= 0.6 is 11.6 Å². The fourth-order valence-electron chi connectivity index (χ4n) is 2.61. The van der Waals surface area contributed by atoms with Gasteiger partial charge in [-0.25, -0.2) is 8.42 Å². The van der Waals surface area contributed by atoms with Crippen molar-refractivity contribution >= 4 is 21.6 Å². The largest absolute Gasteiger partial charge is 0.243 e. The van der Waals surface area contributed by atoms with Crippen molar-refractivity contribution in [1.29, 1.82) is 0 Å². The number of hydrogen-bond acceptors (Lipinski definition) is 2. The Morgan fingerprint density at radius 1 is 1.04 bits per heavy atom. The Labute approximate surface area is 150 Å². The molecular weight excluding hydrogens is 342 g/mol. The van der Waals surface area contributed by atoms with Crippen LogP contribution in [0.25, 0.3) is 0 Å². The highest BCUT2D eigenvalue weighted by atomic mass is 35.5. The van der Waals surface area contributed by atoms with Gasteiger partial charge < -0.3 is 0 Å². The van der Waals surface area contributed by atoms with E-state index in [2.05, 4.69) is 12.1 Å². The average Bonchev–Trinajstić information content (AvgIpc) is 2.59. The SMILES string of the molecule is CC[C@@H](C)N(CCCc1ccccc1)S(=O)(=O)c1ccc(Cl)cc1. The summed E-state index contributed by atoms with van der Waals surface area (Å²) in [5.74, 6) is 0. The molecule has 0 N–H and O–H groups in total. The molecule has 0 aliphatic rings.